The lowest BCUT2D eigenvalue weighted by Crippen LogP contribution is -2.45. The summed E-state index contributed by atoms with van der Waals surface area (Å²) in [6.45, 7) is 9.09. The van der Waals surface area contributed by atoms with E-state index in [0.717, 1.165) is 25.8 Å². The van der Waals surface area contributed by atoms with Crippen molar-refractivity contribution in [3.8, 4) is 0 Å². The van der Waals surface area contributed by atoms with Gasteiger partial charge in [0.05, 0.1) is 0 Å². The maximum absolute atomic E-state index is 12.2. The predicted molar refractivity (Wildman–Crippen MR) is 76.7 cm³/mol. The van der Waals surface area contributed by atoms with E-state index >= 15 is 0 Å². The van der Waals surface area contributed by atoms with Gasteiger partial charge in [-0.1, -0.05) is 27.7 Å². The molecular formula is C15H28N2O2. The Bertz CT molecular complexity index is 321. The summed E-state index contributed by atoms with van der Waals surface area (Å²) in [5, 5.41) is 2.84. The predicted octanol–water partition coefficient (Wildman–Crippen LogP) is 2.33. The second kappa shape index (κ2) is 6.92. The molecule has 0 bridgehead atoms. The van der Waals surface area contributed by atoms with Crippen LogP contribution in [0.5, 0.6) is 0 Å². The Morgan fingerprint density at radius 3 is 2.53 bits per heavy atom. The summed E-state index contributed by atoms with van der Waals surface area (Å²) < 4.78 is 0. The minimum Gasteiger partial charge on any atom is -0.355 e. The highest BCUT2D eigenvalue weighted by Crippen LogP contribution is 2.20. The van der Waals surface area contributed by atoms with Crippen LogP contribution in [-0.4, -0.2) is 35.8 Å². The minimum atomic E-state index is -0.389. The van der Waals surface area contributed by atoms with Crippen LogP contribution in [0, 0.1) is 5.41 Å². The molecule has 0 spiro atoms. The summed E-state index contributed by atoms with van der Waals surface area (Å²) in [4.78, 5) is 25.9. The Hall–Kier alpha value is -1.06. The molecule has 1 heterocycles. The standard InChI is InChI=1S/C15H28N2O2/c1-5-12-8-6-7-11-17(12)13(18)9-10-16-14(19)15(2,3)4/h12H,5-11H2,1-4H3,(H,16,19). The molecule has 1 saturated heterocycles. The van der Waals surface area contributed by atoms with E-state index in [1.807, 2.05) is 25.7 Å². The molecule has 110 valence electrons. The lowest BCUT2D eigenvalue weighted by atomic mass is 9.95. The zero-order valence-electron chi connectivity index (χ0n) is 12.8. The van der Waals surface area contributed by atoms with Crippen LogP contribution in [-0.2, 0) is 9.59 Å². The molecule has 1 rings (SSSR count). The Morgan fingerprint density at radius 1 is 1.26 bits per heavy atom. The van der Waals surface area contributed by atoms with E-state index in [1.165, 1.54) is 6.42 Å². The number of hydrogen-bond donors (Lipinski definition) is 1. The molecule has 0 aromatic heterocycles. The third kappa shape index (κ3) is 4.84. The molecule has 0 aromatic carbocycles. The molecule has 19 heavy (non-hydrogen) atoms. The van der Waals surface area contributed by atoms with Crippen molar-refractivity contribution in [1.82, 2.24) is 10.2 Å². The average Bonchev–Trinajstić information content (AvgIpc) is 2.37. The molecule has 1 atom stereocenters. The molecule has 1 aliphatic heterocycles. The van der Waals surface area contributed by atoms with Gasteiger partial charge in [0.2, 0.25) is 11.8 Å². The number of carbonyl (C=O) groups excluding carboxylic acids is 2. The normalized spacial score (nSPS) is 20.2. The average molecular weight is 268 g/mol. The van der Waals surface area contributed by atoms with E-state index in [2.05, 4.69) is 12.2 Å². The van der Waals surface area contributed by atoms with Gasteiger partial charge in [-0.2, -0.15) is 0 Å². The molecule has 1 N–H and O–H groups in total. The Labute approximate surface area is 116 Å². The fourth-order valence-corrected chi connectivity index (χ4v) is 2.45. The van der Waals surface area contributed by atoms with Crippen molar-refractivity contribution in [2.24, 2.45) is 5.41 Å². The van der Waals surface area contributed by atoms with Crippen molar-refractivity contribution in [3.05, 3.63) is 0 Å². The summed E-state index contributed by atoms with van der Waals surface area (Å²) in [5.41, 5.74) is -0.389. The van der Waals surface area contributed by atoms with Crippen molar-refractivity contribution in [1.29, 1.82) is 0 Å². The first-order valence-electron chi connectivity index (χ1n) is 7.44. The fourth-order valence-electron chi connectivity index (χ4n) is 2.45. The van der Waals surface area contributed by atoms with E-state index in [4.69, 9.17) is 0 Å². The maximum Gasteiger partial charge on any atom is 0.225 e. The first-order valence-corrected chi connectivity index (χ1v) is 7.44. The van der Waals surface area contributed by atoms with Gasteiger partial charge in [0.1, 0.15) is 0 Å². The summed E-state index contributed by atoms with van der Waals surface area (Å²) in [6, 6.07) is 0.402. The molecule has 4 nitrogen and oxygen atoms in total. The number of nitrogens with zero attached hydrogens (tertiary/aromatic N) is 1. The summed E-state index contributed by atoms with van der Waals surface area (Å²) in [5.74, 6) is 0.187. The van der Waals surface area contributed by atoms with Crippen molar-refractivity contribution in [3.63, 3.8) is 0 Å². The Balaban J connectivity index is 2.36. The van der Waals surface area contributed by atoms with Crippen LogP contribution in [0.1, 0.15) is 59.8 Å². The van der Waals surface area contributed by atoms with Gasteiger partial charge in [0.25, 0.3) is 0 Å². The van der Waals surface area contributed by atoms with Gasteiger partial charge in [-0.05, 0) is 25.7 Å². The number of carbonyl (C=O) groups is 2. The van der Waals surface area contributed by atoms with Crippen molar-refractivity contribution in [2.75, 3.05) is 13.1 Å². The minimum absolute atomic E-state index is 0.00554. The molecule has 1 fully saturated rings. The van der Waals surface area contributed by atoms with E-state index in [-0.39, 0.29) is 17.2 Å². The van der Waals surface area contributed by atoms with Crippen molar-refractivity contribution in [2.45, 2.75) is 65.8 Å². The van der Waals surface area contributed by atoms with E-state index in [9.17, 15) is 9.59 Å². The van der Waals surface area contributed by atoms with E-state index in [1.54, 1.807) is 0 Å². The molecule has 1 unspecified atom stereocenters. The Morgan fingerprint density at radius 2 is 1.95 bits per heavy atom. The van der Waals surface area contributed by atoms with Gasteiger partial charge in [0, 0.05) is 31.0 Å². The summed E-state index contributed by atoms with van der Waals surface area (Å²) in [6.07, 6.45) is 4.90. The quantitative estimate of drug-likeness (QED) is 0.850. The lowest BCUT2D eigenvalue weighted by Gasteiger charge is -2.35. The number of rotatable bonds is 4. The zero-order chi connectivity index (χ0) is 14.5. The second-order valence-corrected chi connectivity index (χ2v) is 6.40. The highest BCUT2D eigenvalue weighted by molar-refractivity contribution is 5.82. The van der Waals surface area contributed by atoms with Gasteiger partial charge in [-0.15, -0.1) is 0 Å². The summed E-state index contributed by atoms with van der Waals surface area (Å²) in [7, 11) is 0. The topological polar surface area (TPSA) is 49.4 Å². The van der Waals surface area contributed by atoms with Gasteiger partial charge in [0.15, 0.2) is 0 Å². The zero-order valence-corrected chi connectivity index (χ0v) is 12.8. The number of nitrogens with one attached hydrogen (secondary N) is 1. The molecule has 2 amide bonds. The first-order chi connectivity index (χ1) is 8.86. The molecule has 1 aliphatic rings. The van der Waals surface area contributed by atoms with Crippen molar-refractivity contribution < 1.29 is 9.59 Å². The molecule has 0 saturated carbocycles. The fraction of sp³-hybridized carbons (Fsp3) is 0.867. The van der Waals surface area contributed by atoms with Gasteiger partial charge in [-0.25, -0.2) is 0 Å². The monoisotopic (exact) mass is 268 g/mol. The Kier molecular flexibility index (Phi) is 5.83. The largest absolute Gasteiger partial charge is 0.355 e. The van der Waals surface area contributed by atoms with Crippen LogP contribution in [0.25, 0.3) is 0 Å². The highest BCUT2D eigenvalue weighted by Gasteiger charge is 2.25. The highest BCUT2D eigenvalue weighted by atomic mass is 16.2. The van der Waals surface area contributed by atoms with Crippen LogP contribution in [0.4, 0.5) is 0 Å². The number of piperidine rings is 1. The van der Waals surface area contributed by atoms with Crippen LogP contribution in [0.2, 0.25) is 0 Å². The van der Waals surface area contributed by atoms with Crippen LogP contribution in [0.3, 0.4) is 0 Å². The lowest BCUT2D eigenvalue weighted by molar-refractivity contribution is -0.135. The summed E-state index contributed by atoms with van der Waals surface area (Å²) >= 11 is 0. The van der Waals surface area contributed by atoms with Crippen LogP contribution >= 0.6 is 0 Å². The van der Waals surface area contributed by atoms with Gasteiger partial charge >= 0.3 is 0 Å². The van der Waals surface area contributed by atoms with Crippen LogP contribution < -0.4 is 5.32 Å². The van der Waals surface area contributed by atoms with Crippen LogP contribution in [0.15, 0.2) is 0 Å². The third-order valence-corrected chi connectivity index (χ3v) is 3.72. The number of hydrogen-bond acceptors (Lipinski definition) is 2. The third-order valence-electron chi connectivity index (χ3n) is 3.72. The SMILES string of the molecule is CCC1CCCCN1C(=O)CCNC(=O)C(C)(C)C. The maximum atomic E-state index is 12.2. The molecule has 0 aliphatic carbocycles. The molecular weight excluding hydrogens is 240 g/mol. The molecule has 4 heteroatoms. The van der Waals surface area contributed by atoms with Gasteiger partial charge in [-0.3, -0.25) is 9.59 Å². The number of amides is 2. The smallest absolute Gasteiger partial charge is 0.225 e. The second-order valence-electron chi connectivity index (χ2n) is 6.40. The molecule has 0 aromatic rings. The first kappa shape index (κ1) is 16.0. The van der Waals surface area contributed by atoms with E-state index in [0.29, 0.717) is 19.0 Å². The van der Waals surface area contributed by atoms with E-state index < -0.39 is 0 Å². The number of likely N-dealkylation sites (tertiary alicyclic amines) is 1. The van der Waals surface area contributed by atoms with Crippen molar-refractivity contribution >= 4 is 11.8 Å². The molecule has 0 radical (unpaired) electrons. The van der Waals surface area contributed by atoms with Gasteiger partial charge < -0.3 is 10.2 Å².